The van der Waals surface area contributed by atoms with Crippen molar-refractivity contribution in [1.29, 1.82) is 0 Å². The third-order valence-electron chi connectivity index (χ3n) is 4.55. The summed E-state index contributed by atoms with van der Waals surface area (Å²) >= 11 is 0. The molecule has 24 heavy (non-hydrogen) atoms. The first-order valence-corrected chi connectivity index (χ1v) is 7.76. The Kier molecular flexibility index (Phi) is 3.13. The SMILES string of the molecule is COc1cc2c(cc1-c1c(C)noc1C)NC1N=C(C)NC(=O)C21. The molecular weight excluding hydrogens is 308 g/mol. The van der Waals surface area contributed by atoms with E-state index >= 15 is 0 Å². The summed E-state index contributed by atoms with van der Waals surface area (Å²) in [6, 6.07) is 3.89. The van der Waals surface area contributed by atoms with E-state index in [1.54, 1.807) is 14.0 Å². The number of aromatic nitrogens is 1. The van der Waals surface area contributed by atoms with Crippen LogP contribution in [0.1, 0.15) is 29.9 Å². The minimum absolute atomic E-state index is 0.0501. The molecule has 2 aliphatic rings. The van der Waals surface area contributed by atoms with Crippen molar-refractivity contribution in [2.75, 3.05) is 12.4 Å². The fourth-order valence-corrected chi connectivity index (χ4v) is 3.51. The van der Waals surface area contributed by atoms with Gasteiger partial charge in [-0.05, 0) is 38.5 Å². The normalized spacial score (nSPS) is 21.5. The topological polar surface area (TPSA) is 88.8 Å². The third kappa shape index (κ3) is 2.01. The fourth-order valence-electron chi connectivity index (χ4n) is 3.51. The van der Waals surface area contributed by atoms with E-state index < -0.39 is 0 Å². The van der Waals surface area contributed by atoms with Crippen molar-refractivity contribution in [2.45, 2.75) is 32.9 Å². The van der Waals surface area contributed by atoms with Gasteiger partial charge in [0.15, 0.2) is 0 Å². The van der Waals surface area contributed by atoms with E-state index in [9.17, 15) is 4.79 Å². The van der Waals surface area contributed by atoms with Crippen molar-refractivity contribution in [3.8, 4) is 16.9 Å². The quantitative estimate of drug-likeness (QED) is 0.884. The molecule has 124 valence electrons. The largest absolute Gasteiger partial charge is 0.496 e. The number of nitrogens with zero attached hydrogens (tertiary/aromatic N) is 2. The van der Waals surface area contributed by atoms with E-state index in [-0.39, 0.29) is 18.0 Å². The first-order valence-electron chi connectivity index (χ1n) is 7.76. The summed E-state index contributed by atoms with van der Waals surface area (Å²) in [5.74, 6) is 1.64. The number of carbonyl (C=O) groups is 1. The predicted octanol–water partition coefficient (Wildman–Crippen LogP) is 2.35. The molecule has 0 spiro atoms. The number of hydrogen-bond donors (Lipinski definition) is 2. The van der Waals surface area contributed by atoms with E-state index in [1.807, 2.05) is 26.0 Å². The number of carbonyl (C=O) groups excluding carboxylic acids is 1. The van der Waals surface area contributed by atoms with Gasteiger partial charge < -0.3 is 19.9 Å². The lowest BCUT2D eigenvalue weighted by Crippen LogP contribution is -2.43. The summed E-state index contributed by atoms with van der Waals surface area (Å²) in [5.41, 5.74) is 4.37. The molecule has 0 saturated heterocycles. The second kappa shape index (κ2) is 5.09. The predicted molar refractivity (Wildman–Crippen MR) is 89.4 cm³/mol. The lowest BCUT2D eigenvalue weighted by atomic mass is 9.93. The van der Waals surface area contributed by atoms with Crippen LogP contribution in [0.2, 0.25) is 0 Å². The van der Waals surface area contributed by atoms with Crippen LogP contribution in [0.15, 0.2) is 21.6 Å². The number of nitrogens with one attached hydrogen (secondary N) is 2. The second-order valence-electron chi connectivity index (χ2n) is 6.11. The highest BCUT2D eigenvalue weighted by molar-refractivity contribution is 6.04. The molecule has 1 aromatic carbocycles. The van der Waals surface area contributed by atoms with Crippen LogP contribution in [0.4, 0.5) is 5.69 Å². The van der Waals surface area contributed by atoms with Crippen LogP contribution >= 0.6 is 0 Å². The van der Waals surface area contributed by atoms with Crippen LogP contribution in [-0.4, -0.2) is 30.2 Å². The molecule has 1 amide bonds. The molecule has 2 aromatic rings. The second-order valence-corrected chi connectivity index (χ2v) is 6.11. The minimum atomic E-state index is -0.351. The molecule has 1 aromatic heterocycles. The van der Waals surface area contributed by atoms with Crippen molar-refractivity contribution in [2.24, 2.45) is 4.99 Å². The first kappa shape index (κ1) is 14.7. The van der Waals surface area contributed by atoms with E-state index in [0.29, 0.717) is 11.6 Å². The number of anilines is 1. The number of hydrogen-bond acceptors (Lipinski definition) is 6. The molecule has 2 atom stereocenters. The highest BCUT2D eigenvalue weighted by Crippen LogP contribution is 2.45. The van der Waals surface area contributed by atoms with Gasteiger partial charge in [0.25, 0.3) is 0 Å². The van der Waals surface area contributed by atoms with Gasteiger partial charge in [0.1, 0.15) is 29.4 Å². The molecule has 7 heteroatoms. The molecule has 4 rings (SSSR count). The average Bonchev–Trinajstić information content (AvgIpc) is 3.05. The molecule has 0 fully saturated rings. The highest BCUT2D eigenvalue weighted by Gasteiger charge is 2.41. The Hall–Kier alpha value is -2.83. The number of ether oxygens (including phenoxy) is 1. The smallest absolute Gasteiger partial charge is 0.236 e. The molecule has 2 aliphatic heterocycles. The lowest BCUT2D eigenvalue weighted by molar-refractivity contribution is -0.121. The average molecular weight is 326 g/mol. The number of amidine groups is 1. The molecule has 0 bridgehead atoms. The van der Waals surface area contributed by atoms with Gasteiger partial charge >= 0.3 is 0 Å². The molecule has 0 aliphatic carbocycles. The van der Waals surface area contributed by atoms with Crippen LogP contribution in [-0.2, 0) is 4.79 Å². The van der Waals surface area contributed by atoms with Crippen molar-refractivity contribution in [3.63, 3.8) is 0 Å². The molecule has 0 saturated carbocycles. The molecule has 0 radical (unpaired) electrons. The third-order valence-corrected chi connectivity index (χ3v) is 4.55. The van der Waals surface area contributed by atoms with Gasteiger partial charge in [-0.15, -0.1) is 0 Å². The van der Waals surface area contributed by atoms with Gasteiger partial charge in [0.2, 0.25) is 5.91 Å². The van der Waals surface area contributed by atoms with Gasteiger partial charge in [0, 0.05) is 11.3 Å². The highest BCUT2D eigenvalue weighted by atomic mass is 16.5. The Morgan fingerprint density at radius 1 is 1.25 bits per heavy atom. The Bertz CT molecular complexity index is 865. The molecule has 3 heterocycles. The van der Waals surface area contributed by atoms with Gasteiger partial charge in [-0.3, -0.25) is 4.79 Å². The summed E-state index contributed by atoms with van der Waals surface area (Å²) < 4.78 is 10.9. The molecule has 2 N–H and O–H groups in total. The van der Waals surface area contributed by atoms with E-state index in [0.717, 1.165) is 33.8 Å². The Balaban J connectivity index is 1.88. The number of aryl methyl sites for hydroxylation is 2. The minimum Gasteiger partial charge on any atom is -0.496 e. The van der Waals surface area contributed by atoms with Crippen molar-refractivity contribution < 1.29 is 14.1 Å². The van der Waals surface area contributed by atoms with Gasteiger partial charge in [0.05, 0.1) is 18.4 Å². The summed E-state index contributed by atoms with van der Waals surface area (Å²) in [5, 5.41) is 10.1. The van der Waals surface area contributed by atoms with Gasteiger partial charge in [-0.2, -0.15) is 0 Å². The Labute approximate surface area is 139 Å². The fraction of sp³-hybridized carbons (Fsp3) is 0.353. The molecule has 7 nitrogen and oxygen atoms in total. The van der Waals surface area contributed by atoms with Crippen LogP contribution < -0.4 is 15.4 Å². The zero-order valence-electron chi connectivity index (χ0n) is 13.9. The monoisotopic (exact) mass is 326 g/mol. The summed E-state index contributed by atoms with van der Waals surface area (Å²) in [6.45, 7) is 5.55. The number of fused-ring (bicyclic) bond motifs is 3. The summed E-state index contributed by atoms with van der Waals surface area (Å²) in [4.78, 5) is 16.9. The number of rotatable bonds is 2. The lowest BCUT2D eigenvalue weighted by Gasteiger charge is -2.22. The van der Waals surface area contributed by atoms with Gasteiger partial charge in [-0.25, -0.2) is 4.99 Å². The summed E-state index contributed by atoms with van der Waals surface area (Å²) in [6.07, 6.45) is -0.279. The van der Waals surface area contributed by atoms with Crippen molar-refractivity contribution in [1.82, 2.24) is 10.5 Å². The van der Waals surface area contributed by atoms with Crippen molar-refractivity contribution in [3.05, 3.63) is 29.2 Å². The van der Waals surface area contributed by atoms with Gasteiger partial charge in [-0.1, -0.05) is 5.16 Å². The Morgan fingerprint density at radius 3 is 2.71 bits per heavy atom. The maximum Gasteiger partial charge on any atom is 0.236 e. The maximum atomic E-state index is 12.4. The van der Waals surface area contributed by atoms with E-state index in [2.05, 4.69) is 20.8 Å². The van der Waals surface area contributed by atoms with Crippen LogP contribution in [0.25, 0.3) is 11.1 Å². The zero-order valence-corrected chi connectivity index (χ0v) is 13.9. The van der Waals surface area contributed by atoms with Crippen LogP contribution in [0.3, 0.4) is 0 Å². The maximum absolute atomic E-state index is 12.4. The van der Waals surface area contributed by atoms with Crippen LogP contribution in [0, 0.1) is 13.8 Å². The zero-order chi connectivity index (χ0) is 17.0. The van der Waals surface area contributed by atoms with Crippen LogP contribution in [0.5, 0.6) is 5.75 Å². The first-order chi connectivity index (χ1) is 11.5. The number of methoxy groups -OCH3 is 1. The molecule has 2 unspecified atom stereocenters. The van der Waals surface area contributed by atoms with Crippen molar-refractivity contribution >= 4 is 17.4 Å². The number of aliphatic imine (C=N–C) groups is 1. The van der Waals surface area contributed by atoms with E-state index in [4.69, 9.17) is 9.26 Å². The number of benzene rings is 1. The molecular formula is C17H18N4O3. The Morgan fingerprint density at radius 2 is 2.04 bits per heavy atom. The standard InChI is InChI=1S/C17H18N4O3/c1-7-14(8(2)24-21-7)11-5-12-10(6-13(11)23-4)15-16(20-12)18-9(3)19-17(15)22/h5-6,15-16,20H,1-4H3,(H,18,19,22). The number of amides is 1. The summed E-state index contributed by atoms with van der Waals surface area (Å²) in [7, 11) is 1.62. The van der Waals surface area contributed by atoms with E-state index in [1.165, 1.54) is 0 Å².